The van der Waals surface area contributed by atoms with Crippen molar-refractivity contribution in [3.8, 4) is 0 Å². The van der Waals surface area contributed by atoms with Crippen molar-refractivity contribution in [2.75, 3.05) is 4.90 Å². The minimum atomic E-state index is -0.392. The molecule has 1 aliphatic heterocycles. The smallest absolute Gasteiger partial charge is 0.286 e. The summed E-state index contributed by atoms with van der Waals surface area (Å²) in [6.45, 7) is 2.66. The van der Waals surface area contributed by atoms with Crippen LogP contribution < -0.4 is 10.6 Å². The van der Waals surface area contributed by atoms with E-state index in [0.29, 0.717) is 18.9 Å². The fraction of sp³-hybridized carbons (Fsp3) is 0.167. The quantitative estimate of drug-likeness (QED) is 0.744. The van der Waals surface area contributed by atoms with Gasteiger partial charge in [0.25, 0.3) is 0 Å². The van der Waals surface area contributed by atoms with Crippen molar-refractivity contribution in [2.24, 2.45) is 0 Å². The summed E-state index contributed by atoms with van der Waals surface area (Å²) in [4.78, 5) is 26.7. The predicted octanol–water partition coefficient (Wildman–Crippen LogP) is 2.39. The molecule has 1 aromatic heterocycles. The maximum Gasteiger partial charge on any atom is 0.354 e. The van der Waals surface area contributed by atoms with Crippen LogP contribution in [0.2, 0.25) is 0 Å². The number of para-hydroxylation sites is 1. The fourth-order valence-electron chi connectivity index (χ4n) is 2.94. The Morgan fingerprint density at radius 3 is 2.42 bits per heavy atom. The number of benzene rings is 2. The number of carbonyl (C=O) groups excluding carboxylic acids is 1. The van der Waals surface area contributed by atoms with Gasteiger partial charge in [-0.3, -0.25) is 4.90 Å². The number of amides is 1. The van der Waals surface area contributed by atoms with Crippen LogP contribution in [-0.2, 0) is 13.1 Å². The van der Waals surface area contributed by atoms with E-state index in [4.69, 9.17) is 0 Å². The van der Waals surface area contributed by atoms with Gasteiger partial charge in [0.15, 0.2) is 5.82 Å². The van der Waals surface area contributed by atoms with Crippen molar-refractivity contribution in [3.63, 3.8) is 0 Å². The first-order valence-corrected chi connectivity index (χ1v) is 7.75. The molecule has 2 heterocycles. The number of hydrogen-bond acceptors (Lipinski definition) is 3. The molecule has 0 saturated heterocycles. The lowest BCUT2D eigenvalue weighted by Gasteiger charge is -2.14. The molecule has 0 saturated carbocycles. The van der Waals surface area contributed by atoms with Crippen molar-refractivity contribution in [3.05, 3.63) is 82.0 Å². The van der Waals surface area contributed by atoms with E-state index in [1.165, 1.54) is 4.68 Å². The molecule has 2 aromatic carbocycles. The van der Waals surface area contributed by atoms with Crippen LogP contribution in [0.3, 0.4) is 0 Å². The Morgan fingerprint density at radius 1 is 1.00 bits per heavy atom. The summed E-state index contributed by atoms with van der Waals surface area (Å²) in [7, 11) is 0. The van der Waals surface area contributed by atoms with Crippen molar-refractivity contribution in [1.82, 2.24) is 14.3 Å². The van der Waals surface area contributed by atoms with E-state index in [9.17, 15) is 9.59 Å². The number of carbonyl (C=O) groups is 1. The van der Waals surface area contributed by atoms with Gasteiger partial charge in [-0.1, -0.05) is 42.5 Å². The minimum Gasteiger partial charge on any atom is -0.286 e. The third-order valence-corrected chi connectivity index (χ3v) is 4.28. The van der Waals surface area contributed by atoms with Gasteiger partial charge in [-0.15, -0.1) is 0 Å². The molecule has 24 heavy (non-hydrogen) atoms. The highest BCUT2D eigenvalue weighted by Crippen LogP contribution is 2.21. The van der Waals surface area contributed by atoms with Crippen LogP contribution in [0, 0.1) is 6.92 Å². The molecule has 0 bridgehead atoms. The van der Waals surface area contributed by atoms with Gasteiger partial charge in [0.2, 0.25) is 0 Å². The van der Waals surface area contributed by atoms with Crippen molar-refractivity contribution >= 4 is 11.7 Å². The van der Waals surface area contributed by atoms with Crippen LogP contribution in [0.5, 0.6) is 0 Å². The number of hydrogen-bond donors (Lipinski definition) is 0. The molecular weight excluding hydrogens is 304 g/mol. The molecule has 1 amide bonds. The molecule has 4 rings (SSSR count). The molecule has 1 aliphatic rings. The number of anilines is 1. The molecule has 6 nitrogen and oxygen atoms in total. The van der Waals surface area contributed by atoms with Crippen LogP contribution in [0.1, 0.15) is 17.0 Å². The van der Waals surface area contributed by atoms with Gasteiger partial charge >= 0.3 is 11.7 Å². The monoisotopic (exact) mass is 320 g/mol. The lowest BCUT2D eigenvalue weighted by Crippen LogP contribution is -2.35. The van der Waals surface area contributed by atoms with Crippen LogP contribution in [0.15, 0.2) is 59.4 Å². The Kier molecular flexibility index (Phi) is 3.30. The van der Waals surface area contributed by atoms with E-state index in [1.807, 2.05) is 61.5 Å². The molecule has 3 aromatic rings. The number of aromatic nitrogens is 3. The molecule has 0 fully saturated rings. The summed E-state index contributed by atoms with van der Waals surface area (Å²) in [6, 6.07) is 16.8. The van der Waals surface area contributed by atoms with Gasteiger partial charge in [-0.25, -0.2) is 14.3 Å². The summed E-state index contributed by atoms with van der Waals surface area (Å²) < 4.78 is 2.52. The Hall–Kier alpha value is -3.15. The summed E-state index contributed by atoms with van der Waals surface area (Å²) >= 11 is 0. The Morgan fingerprint density at radius 2 is 1.71 bits per heavy atom. The highest BCUT2D eigenvalue weighted by atomic mass is 16.2. The molecule has 6 heteroatoms. The zero-order valence-electron chi connectivity index (χ0n) is 13.2. The summed E-state index contributed by atoms with van der Waals surface area (Å²) in [5.41, 5.74) is 2.48. The maximum absolute atomic E-state index is 12.6. The van der Waals surface area contributed by atoms with E-state index in [0.717, 1.165) is 21.4 Å². The highest BCUT2D eigenvalue weighted by molar-refractivity contribution is 5.95. The highest BCUT2D eigenvalue weighted by Gasteiger charge is 2.33. The van der Waals surface area contributed by atoms with Crippen molar-refractivity contribution < 1.29 is 4.79 Å². The standard InChI is InChI=1S/C18H16N4O2/c1-13-7-5-6-8-14(13)11-21-18(24)22-16(19-21)12-20(17(22)23)15-9-3-2-4-10-15/h2-10H,11-12H2,1H3. The lowest BCUT2D eigenvalue weighted by atomic mass is 10.1. The second-order valence-corrected chi connectivity index (χ2v) is 5.82. The van der Waals surface area contributed by atoms with E-state index in [1.54, 1.807) is 4.90 Å². The van der Waals surface area contributed by atoms with Crippen LogP contribution in [-0.4, -0.2) is 20.4 Å². The lowest BCUT2D eigenvalue weighted by molar-refractivity contribution is 0.250. The fourth-order valence-corrected chi connectivity index (χ4v) is 2.94. The van der Waals surface area contributed by atoms with E-state index < -0.39 is 5.69 Å². The largest absolute Gasteiger partial charge is 0.354 e. The minimum absolute atomic E-state index is 0.304. The van der Waals surface area contributed by atoms with Gasteiger partial charge in [0, 0.05) is 5.69 Å². The summed E-state index contributed by atoms with van der Waals surface area (Å²) in [5.74, 6) is 0.474. The molecule has 0 unspecified atom stereocenters. The number of rotatable bonds is 3. The van der Waals surface area contributed by atoms with Crippen LogP contribution >= 0.6 is 0 Å². The molecule has 0 aliphatic carbocycles. The topological polar surface area (TPSA) is 60.1 Å². The average molecular weight is 320 g/mol. The average Bonchev–Trinajstić information content (AvgIpc) is 3.08. The normalized spacial score (nSPS) is 13.4. The molecule has 0 N–H and O–H groups in total. The molecule has 0 spiro atoms. The third kappa shape index (κ3) is 2.23. The van der Waals surface area contributed by atoms with Gasteiger partial charge in [-0.05, 0) is 30.2 Å². The summed E-state index contributed by atoms with van der Waals surface area (Å²) in [5, 5.41) is 4.36. The Bertz CT molecular complexity index is 972. The third-order valence-electron chi connectivity index (χ3n) is 4.28. The maximum atomic E-state index is 12.6. The Labute approximate surface area is 138 Å². The van der Waals surface area contributed by atoms with Crippen molar-refractivity contribution in [1.29, 1.82) is 0 Å². The summed E-state index contributed by atoms with van der Waals surface area (Å²) in [6.07, 6.45) is 0. The number of fused-ring (bicyclic) bond motifs is 1. The van der Waals surface area contributed by atoms with Crippen LogP contribution in [0.4, 0.5) is 10.5 Å². The number of nitrogens with zero attached hydrogens (tertiary/aromatic N) is 4. The van der Waals surface area contributed by atoms with E-state index in [-0.39, 0.29) is 6.03 Å². The zero-order valence-corrected chi connectivity index (χ0v) is 13.2. The first-order valence-electron chi connectivity index (χ1n) is 7.75. The van der Waals surface area contributed by atoms with Gasteiger partial charge in [-0.2, -0.15) is 9.67 Å². The molecular formula is C18H16N4O2. The molecule has 0 atom stereocenters. The second-order valence-electron chi connectivity index (χ2n) is 5.82. The first-order chi connectivity index (χ1) is 11.6. The SMILES string of the molecule is Cc1ccccc1Cn1nc2n(c1=O)C(=O)N(c1ccccc1)C2. The molecule has 0 radical (unpaired) electrons. The van der Waals surface area contributed by atoms with Crippen molar-refractivity contribution in [2.45, 2.75) is 20.0 Å². The van der Waals surface area contributed by atoms with Gasteiger partial charge in [0.05, 0.1) is 13.1 Å². The molecule has 120 valence electrons. The predicted molar refractivity (Wildman–Crippen MR) is 90.2 cm³/mol. The Balaban J connectivity index is 1.67. The van der Waals surface area contributed by atoms with Crippen LogP contribution in [0.25, 0.3) is 0 Å². The zero-order chi connectivity index (χ0) is 16.7. The van der Waals surface area contributed by atoms with Gasteiger partial charge in [0.1, 0.15) is 0 Å². The van der Waals surface area contributed by atoms with E-state index >= 15 is 0 Å². The van der Waals surface area contributed by atoms with Gasteiger partial charge < -0.3 is 0 Å². The second kappa shape index (κ2) is 5.49. The first kappa shape index (κ1) is 14.4. The number of aryl methyl sites for hydroxylation is 1. The van der Waals surface area contributed by atoms with E-state index in [2.05, 4.69) is 5.10 Å².